The summed E-state index contributed by atoms with van der Waals surface area (Å²) in [5.41, 5.74) is 0.977. The molecule has 0 unspecified atom stereocenters. The smallest absolute Gasteiger partial charge is 0.305 e. The Bertz CT molecular complexity index is 650. The summed E-state index contributed by atoms with van der Waals surface area (Å²) in [5, 5.41) is 0. The lowest BCUT2D eigenvalue weighted by Gasteiger charge is -2.13. The van der Waals surface area contributed by atoms with E-state index in [4.69, 9.17) is 4.74 Å². The van der Waals surface area contributed by atoms with Gasteiger partial charge in [0.25, 0.3) is 11.8 Å². The highest BCUT2D eigenvalue weighted by Gasteiger charge is 2.34. The van der Waals surface area contributed by atoms with Crippen LogP contribution in [0.25, 0.3) is 0 Å². The molecule has 5 heteroatoms. The third kappa shape index (κ3) is 7.92. The van der Waals surface area contributed by atoms with Gasteiger partial charge in [-0.05, 0) is 31.4 Å². The minimum absolute atomic E-state index is 0.143. The van der Waals surface area contributed by atoms with E-state index in [1.54, 1.807) is 24.3 Å². The average molecular weight is 416 g/mol. The number of carbonyl (C=O) groups is 3. The second-order valence-electron chi connectivity index (χ2n) is 8.17. The van der Waals surface area contributed by atoms with Gasteiger partial charge in [0.2, 0.25) is 0 Å². The minimum Gasteiger partial charge on any atom is -0.466 e. The van der Waals surface area contributed by atoms with Gasteiger partial charge in [0.1, 0.15) is 0 Å². The van der Waals surface area contributed by atoms with E-state index in [2.05, 4.69) is 6.92 Å². The van der Waals surface area contributed by atoms with Gasteiger partial charge in [0.05, 0.1) is 17.7 Å². The molecule has 0 spiro atoms. The van der Waals surface area contributed by atoms with Gasteiger partial charge in [-0.3, -0.25) is 19.3 Å². The van der Waals surface area contributed by atoms with Gasteiger partial charge in [-0.1, -0.05) is 76.8 Å². The number of ether oxygens (including phenoxy) is 1. The summed E-state index contributed by atoms with van der Waals surface area (Å²) in [7, 11) is 0. The Morgan fingerprint density at radius 2 is 1.30 bits per heavy atom. The summed E-state index contributed by atoms with van der Waals surface area (Å²) in [5.74, 6) is -0.567. The molecule has 1 aromatic rings. The van der Waals surface area contributed by atoms with Crippen LogP contribution in [0.4, 0.5) is 0 Å². The first-order chi connectivity index (χ1) is 14.6. The number of imide groups is 1. The lowest BCUT2D eigenvalue weighted by Crippen LogP contribution is -2.30. The van der Waals surface area contributed by atoms with E-state index in [9.17, 15) is 14.4 Å². The Kier molecular flexibility index (Phi) is 11.2. The monoisotopic (exact) mass is 415 g/mol. The number of esters is 1. The van der Waals surface area contributed by atoms with Gasteiger partial charge >= 0.3 is 5.97 Å². The molecule has 1 heterocycles. The number of carbonyl (C=O) groups excluding carboxylic acids is 3. The molecule has 2 amide bonds. The van der Waals surface area contributed by atoms with Crippen LogP contribution in [-0.4, -0.2) is 35.8 Å². The van der Waals surface area contributed by atoms with E-state index < -0.39 is 0 Å². The fourth-order valence-corrected chi connectivity index (χ4v) is 3.83. The summed E-state index contributed by atoms with van der Waals surface area (Å²) >= 11 is 0. The number of benzene rings is 1. The molecule has 1 aliphatic heterocycles. The number of rotatable bonds is 16. The molecule has 0 saturated carbocycles. The lowest BCUT2D eigenvalue weighted by atomic mass is 10.1. The number of hydrogen-bond acceptors (Lipinski definition) is 4. The van der Waals surface area contributed by atoms with Crippen molar-refractivity contribution in [2.45, 2.75) is 90.4 Å². The SMILES string of the molecule is CCCCCCCCCCCOC(=O)CCCCCN1C(=O)c2ccccc2C1=O. The van der Waals surface area contributed by atoms with E-state index in [-0.39, 0.29) is 17.8 Å². The number of amides is 2. The normalized spacial score (nSPS) is 13.0. The summed E-state index contributed by atoms with van der Waals surface area (Å²) in [4.78, 5) is 37.7. The van der Waals surface area contributed by atoms with Crippen LogP contribution in [0.1, 0.15) is 111 Å². The summed E-state index contributed by atoms with van der Waals surface area (Å²) in [6.07, 6.45) is 13.9. The molecule has 0 bridgehead atoms. The Morgan fingerprint density at radius 1 is 0.767 bits per heavy atom. The first kappa shape index (κ1) is 24.1. The molecule has 30 heavy (non-hydrogen) atoms. The molecule has 0 atom stereocenters. The van der Waals surface area contributed by atoms with Crippen LogP contribution in [0.3, 0.4) is 0 Å². The second-order valence-corrected chi connectivity index (χ2v) is 8.17. The fraction of sp³-hybridized carbons (Fsp3) is 0.640. The van der Waals surface area contributed by atoms with Gasteiger partial charge in [-0.25, -0.2) is 0 Å². The highest BCUT2D eigenvalue weighted by atomic mass is 16.5. The van der Waals surface area contributed by atoms with Crippen LogP contribution in [-0.2, 0) is 9.53 Å². The van der Waals surface area contributed by atoms with E-state index in [1.165, 1.54) is 49.8 Å². The molecule has 0 radical (unpaired) electrons. The van der Waals surface area contributed by atoms with Crippen molar-refractivity contribution in [2.24, 2.45) is 0 Å². The molecule has 2 rings (SSSR count). The molecule has 0 saturated heterocycles. The van der Waals surface area contributed by atoms with Crippen molar-refractivity contribution in [3.8, 4) is 0 Å². The third-order valence-corrected chi connectivity index (χ3v) is 5.65. The first-order valence-electron chi connectivity index (χ1n) is 11.8. The van der Waals surface area contributed by atoms with Crippen molar-refractivity contribution < 1.29 is 19.1 Å². The highest BCUT2D eigenvalue weighted by molar-refractivity contribution is 6.21. The third-order valence-electron chi connectivity index (χ3n) is 5.65. The molecule has 166 valence electrons. The Hall–Kier alpha value is -2.17. The highest BCUT2D eigenvalue weighted by Crippen LogP contribution is 2.22. The number of hydrogen-bond donors (Lipinski definition) is 0. The van der Waals surface area contributed by atoms with Crippen molar-refractivity contribution in [1.82, 2.24) is 4.90 Å². The second kappa shape index (κ2) is 13.9. The number of fused-ring (bicyclic) bond motifs is 1. The molecule has 1 aliphatic rings. The minimum atomic E-state index is -0.212. The van der Waals surface area contributed by atoms with Crippen LogP contribution in [0.2, 0.25) is 0 Å². The molecular weight excluding hydrogens is 378 g/mol. The van der Waals surface area contributed by atoms with Gasteiger partial charge in [0.15, 0.2) is 0 Å². The van der Waals surface area contributed by atoms with Crippen molar-refractivity contribution in [3.63, 3.8) is 0 Å². The fourth-order valence-electron chi connectivity index (χ4n) is 3.83. The van der Waals surface area contributed by atoms with Crippen molar-refractivity contribution in [2.75, 3.05) is 13.2 Å². The Morgan fingerprint density at radius 3 is 1.90 bits per heavy atom. The van der Waals surface area contributed by atoms with Gasteiger partial charge in [0, 0.05) is 13.0 Å². The predicted molar refractivity (Wildman–Crippen MR) is 118 cm³/mol. The molecule has 1 aromatic carbocycles. The maximum Gasteiger partial charge on any atom is 0.305 e. The molecule has 0 aliphatic carbocycles. The Balaban J connectivity index is 1.44. The quantitative estimate of drug-likeness (QED) is 0.191. The maximum atomic E-state index is 12.3. The first-order valence-corrected chi connectivity index (χ1v) is 11.8. The molecule has 0 aromatic heterocycles. The number of unbranched alkanes of at least 4 members (excludes halogenated alkanes) is 10. The van der Waals surface area contributed by atoms with Crippen molar-refractivity contribution in [3.05, 3.63) is 35.4 Å². The largest absolute Gasteiger partial charge is 0.466 e. The van der Waals surface area contributed by atoms with Crippen LogP contribution >= 0.6 is 0 Å². The van der Waals surface area contributed by atoms with Gasteiger partial charge in [-0.2, -0.15) is 0 Å². The Labute approximate surface area is 181 Å². The number of nitrogens with zero attached hydrogens (tertiary/aromatic N) is 1. The molecule has 0 fully saturated rings. The van der Waals surface area contributed by atoms with E-state index >= 15 is 0 Å². The summed E-state index contributed by atoms with van der Waals surface area (Å²) < 4.78 is 5.30. The van der Waals surface area contributed by atoms with E-state index in [0.29, 0.717) is 37.1 Å². The van der Waals surface area contributed by atoms with E-state index in [1.807, 2.05) is 0 Å². The van der Waals surface area contributed by atoms with Crippen LogP contribution in [0.5, 0.6) is 0 Å². The van der Waals surface area contributed by atoms with Crippen LogP contribution in [0.15, 0.2) is 24.3 Å². The van der Waals surface area contributed by atoms with Crippen LogP contribution in [0, 0.1) is 0 Å². The standard InChI is InChI=1S/C25H37NO4/c1-2-3-4-5-6-7-8-9-15-20-30-23(27)18-11-10-14-19-26-24(28)21-16-12-13-17-22(21)25(26)29/h12-13,16-17H,2-11,14-15,18-20H2,1H3. The molecule has 0 N–H and O–H groups in total. The van der Waals surface area contributed by atoms with Gasteiger partial charge < -0.3 is 4.74 Å². The molecular formula is C25H37NO4. The van der Waals surface area contributed by atoms with Gasteiger partial charge in [-0.15, -0.1) is 0 Å². The van der Waals surface area contributed by atoms with Crippen LogP contribution < -0.4 is 0 Å². The summed E-state index contributed by atoms with van der Waals surface area (Å²) in [6.45, 7) is 3.16. The molecule has 5 nitrogen and oxygen atoms in total. The van der Waals surface area contributed by atoms with Crippen molar-refractivity contribution in [1.29, 1.82) is 0 Å². The zero-order valence-corrected chi connectivity index (χ0v) is 18.5. The average Bonchev–Trinajstić information content (AvgIpc) is 3.00. The summed E-state index contributed by atoms with van der Waals surface area (Å²) in [6, 6.07) is 6.93. The topological polar surface area (TPSA) is 63.7 Å². The zero-order chi connectivity index (χ0) is 21.6. The van der Waals surface area contributed by atoms with Crippen molar-refractivity contribution >= 4 is 17.8 Å². The van der Waals surface area contributed by atoms with E-state index in [0.717, 1.165) is 25.7 Å². The maximum absolute atomic E-state index is 12.3. The lowest BCUT2D eigenvalue weighted by molar-refractivity contribution is -0.143. The predicted octanol–water partition coefficient (Wildman–Crippen LogP) is 5.92. The zero-order valence-electron chi connectivity index (χ0n) is 18.5.